The van der Waals surface area contributed by atoms with E-state index in [0.29, 0.717) is 32.0 Å². The van der Waals surface area contributed by atoms with Gasteiger partial charge < -0.3 is 15.0 Å². The van der Waals surface area contributed by atoms with E-state index in [1.54, 1.807) is 0 Å². The summed E-state index contributed by atoms with van der Waals surface area (Å²) < 4.78 is 5.34. The number of aromatic nitrogens is 1. The van der Waals surface area contributed by atoms with Crippen LogP contribution in [0.15, 0.2) is 30.5 Å². The number of pyridine rings is 1. The van der Waals surface area contributed by atoms with Crippen LogP contribution in [-0.2, 0) is 9.53 Å². The van der Waals surface area contributed by atoms with Crippen molar-refractivity contribution in [3.63, 3.8) is 0 Å². The van der Waals surface area contributed by atoms with Gasteiger partial charge in [-0.1, -0.05) is 18.2 Å². The van der Waals surface area contributed by atoms with Crippen molar-refractivity contribution < 1.29 is 14.5 Å². The number of hydrogen-bond acceptors (Lipinski definition) is 6. The Morgan fingerprint density at radius 2 is 2.07 bits per heavy atom. The number of rotatable bonds is 9. The maximum absolute atomic E-state index is 11.3. The van der Waals surface area contributed by atoms with Crippen LogP contribution < -0.4 is 5.32 Å². The summed E-state index contributed by atoms with van der Waals surface area (Å²) in [5.41, 5.74) is 1.20. The molecule has 2 heterocycles. The predicted octanol–water partition coefficient (Wildman–Crippen LogP) is 2.97. The maximum atomic E-state index is 11.3. The number of carbonyl (C=O) groups excluding carboxylic acids is 1. The Morgan fingerprint density at radius 1 is 1.30 bits per heavy atom. The van der Waals surface area contributed by atoms with Crippen LogP contribution >= 0.6 is 0 Å². The highest BCUT2D eigenvalue weighted by Gasteiger charge is 2.20. The first kappa shape index (κ1) is 19.0. The Bertz CT molecular complexity index is 792. The number of unbranched alkanes of at least 4 members (excludes halogenated alkanes) is 1. The lowest BCUT2D eigenvalue weighted by Gasteiger charge is -2.31. The zero-order valence-corrected chi connectivity index (χ0v) is 15.2. The van der Waals surface area contributed by atoms with Crippen LogP contribution in [0.5, 0.6) is 0 Å². The third kappa shape index (κ3) is 4.71. The normalized spacial score (nSPS) is 14.8. The number of hydrogen-bond donors (Lipinski definition) is 1. The van der Waals surface area contributed by atoms with Gasteiger partial charge >= 0.3 is 5.69 Å². The standard InChI is InChI=1S/C19H24N4O4/c24-14-22(15-7-11-27-12-8-15)10-4-3-9-20-19-16-5-1-2-6-17(16)21-13-18(19)23(25)26/h1-2,5-6,13-15H,3-4,7-12H2,(H,20,21). The second-order valence-corrected chi connectivity index (χ2v) is 6.61. The molecule has 1 N–H and O–H groups in total. The Morgan fingerprint density at radius 3 is 2.81 bits per heavy atom. The van der Waals surface area contributed by atoms with Gasteiger partial charge in [0.1, 0.15) is 11.9 Å². The molecule has 0 aliphatic carbocycles. The Balaban J connectivity index is 1.56. The van der Waals surface area contributed by atoms with Gasteiger partial charge in [-0.15, -0.1) is 0 Å². The van der Waals surface area contributed by atoms with Crippen molar-refractivity contribution in [2.45, 2.75) is 31.7 Å². The summed E-state index contributed by atoms with van der Waals surface area (Å²) in [6.07, 6.45) is 5.62. The van der Waals surface area contributed by atoms with Gasteiger partial charge in [0.15, 0.2) is 0 Å². The fourth-order valence-electron chi connectivity index (χ4n) is 3.43. The number of amides is 1. The molecule has 3 rings (SSSR count). The number of carbonyl (C=O) groups is 1. The molecule has 0 unspecified atom stereocenters. The largest absolute Gasteiger partial charge is 0.381 e. The SMILES string of the molecule is O=CN(CCCCNc1c([N+](=O)[O-])cnc2ccccc12)C1CCOCC1. The van der Waals surface area contributed by atoms with Gasteiger partial charge in [0.05, 0.1) is 10.4 Å². The molecule has 8 heteroatoms. The molecule has 0 atom stereocenters. The first-order chi connectivity index (χ1) is 13.2. The molecule has 1 saturated heterocycles. The molecule has 8 nitrogen and oxygen atoms in total. The highest BCUT2D eigenvalue weighted by molar-refractivity contribution is 5.95. The van der Waals surface area contributed by atoms with Gasteiger partial charge in [-0.05, 0) is 31.7 Å². The summed E-state index contributed by atoms with van der Waals surface area (Å²) in [4.78, 5) is 28.3. The van der Waals surface area contributed by atoms with Crippen molar-refractivity contribution in [3.05, 3.63) is 40.6 Å². The van der Waals surface area contributed by atoms with Gasteiger partial charge in [0, 0.05) is 37.7 Å². The second-order valence-electron chi connectivity index (χ2n) is 6.61. The van der Waals surface area contributed by atoms with E-state index >= 15 is 0 Å². The van der Waals surface area contributed by atoms with Gasteiger partial charge in [-0.2, -0.15) is 0 Å². The van der Waals surface area contributed by atoms with Crippen molar-refractivity contribution in [2.75, 3.05) is 31.6 Å². The van der Waals surface area contributed by atoms with Gasteiger partial charge in [-0.25, -0.2) is 4.98 Å². The summed E-state index contributed by atoms with van der Waals surface area (Å²) in [5.74, 6) is 0. The lowest BCUT2D eigenvalue weighted by Crippen LogP contribution is -2.39. The summed E-state index contributed by atoms with van der Waals surface area (Å²) in [5, 5.41) is 15.3. The van der Waals surface area contributed by atoms with Gasteiger partial charge in [0.25, 0.3) is 0 Å². The van der Waals surface area contributed by atoms with Gasteiger partial charge in [-0.3, -0.25) is 14.9 Å². The van der Waals surface area contributed by atoms with Crippen LogP contribution in [0.4, 0.5) is 11.4 Å². The quantitative estimate of drug-likeness (QED) is 0.314. The van der Waals surface area contributed by atoms with Crippen molar-refractivity contribution in [3.8, 4) is 0 Å². The molecule has 2 aromatic rings. The Hall–Kier alpha value is -2.74. The van der Waals surface area contributed by atoms with E-state index < -0.39 is 4.92 Å². The molecule has 0 bridgehead atoms. The number of fused-ring (bicyclic) bond motifs is 1. The van der Waals surface area contributed by atoms with Crippen LogP contribution in [0.25, 0.3) is 10.9 Å². The zero-order chi connectivity index (χ0) is 19.1. The van der Waals surface area contributed by atoms with E-state index in [1.807, 2.05) is 29.2 Å². The fraction of sp³-hybridized carbons (Fsp3) is 0.474. The molecular formula is C19H24N4O4. The van der Waals surface area contributed by atoms with Crippen LogP contribution in [-0.4, -0.2) is 53.6 Å². The highest BCUT2D eigenvalue weighted by Crippen LogP contribution is 2.31. The molecule has 1 aliphatic heterocycles. The lowest BCUT2D eigenvalue weighted by molar-refractivity contribution is -0.384. The molecule has 0 spiro atoms. The summed E-state index contributed by atoms with van der Waals surface area (Å²) in [6.45, 7) is 2.69. The van der Waals surface area contributed by atoms with E-state index in [2.05, 4.69) is 10.3 Å². The van der Waals surface area contributed by atoms with Crippen molar-refractivity contribution in [1.29, 1.82) is 0 Å². The highest BCUT2D eigenvalue weighted by atomic mass is 16.6. The average Bonchev–Trinajstić information content (AvgIpc) is 2.71. The summed E-state index contributed by atoms with van der Waals surface area (Å²) in [6, 6.07) is 7.62. The van der Waals surface area contributed by atoms with Crippen LogP contribution in [0.1, 0.15) is 25.7 Å². The molecule has 1 aromatic carbocycles. The molecular weight excluding hydrogens is 348 g/mol. The topological polar surface area (TPSA) is 97.6 Å². The number of nitrogens with zero attached hydrogens (tertiary/aromatic N) is 3. The third-order valence-electron chi connectivity index (χ3n) is 4.89. The number of nitro groups is 1. The smallest absolute Gasteiger partial charge is 0.311 e. The van der Waals surface area contributed by atoms with Gasteiger partial charge in [0.2, 0.25) is 6.41 Å². The number of nitrogens with one attached hydrogen (secondary N) is 1. The fourth-order valence-corrected chi connectivity index (χ4v) is 3.43. The van der Waals surface area contributed by atoms with Crippen LogP contribution in [0.3, 0.4) is 0 Å². The number of ether oxygens (including phenoxy) is 1. The number of anilines is 1. The molecule has 27 heavy (non-hydrogen) atoms. The van der Waals surface area contributed by atoms with Crippen molar-refractivity contribution >= 4 is 28.7 Å². The molecule has 1 aromatic heterocycles. The third-order valence-corrected chi connectivity index (χ3v) is 4.89. The molecule has 0 saturated carbocycles. The minimum absolute atomic E-state index is 0.0228. The minimum atomic E-state index is -0.416. The second kappa shape index (κ2) is 9.27. The predicted molar refractivity (Wildman–Crippen MR) is 103 cm³/mol. The Labute approximate surface area is 157 Å². The zero-order valence-electron chi connectivity index (χ0n) is 15.2. The Kier molecular flexibility index (Phi) is 6.54. The van der Waals surface area contributed by atoms with E-state index in [0.717, 1.165) is 43.0 Å². The lowest BCUT2D eigenvalue weighted by atomic mass is 10.1. The molecule has 1 aliphatic rings. The van der Waals surface area contributed by atoms with Crippen LogP contribution in [0.2, 0.25) is 0 Å². The molecule has 1 amide bonds. The minimum Gasteiger partial charge on any atom is -0.381 e. The van der Waals surface area contributed by atoms with E-state index in [1.165, 1.54) is 6.20 Å². The number of benzene rings is 1. The summed E-state index contributed by atoms with van der Waals surface area (Å²) >= 11 is 0. The molecule has 0 radical (unpaired) electrons. The number of para-hydroxylation sites is 1. The first-order valence-electron chi connectivity index (χ1n) is 9.25. The molecule has 144 valence electrons. The summed E-state index contributed by atoms with van der Waals surface area (Å²) in [7, 11) is 0. The average molecular weight is 372 g/mol. The van der Waals surface area contributed by atoms with Crippen molar-refractivity contribution in [1.82, 2.24) is 9.88 Å². The van der Waals surface area contributed by atoms with E-state index in [9.17, 15) is 14.9 Å². The van der Waals surface area contributed by atoms with Crippen molar-refractivity contribution in [2.24, 2.45) is 0 Å². The maximum Gasteiger partial charge on any atom is 0.311 e. The monoisotopic (exact) mass is 372 g/mol. The molecule has 1 fully saturated rings. The van der Waals surface area contributed by atoms with E-state index in [4.69, 9.17) is 4.74 Å². The van der Waals surface area contributed by atoms with Crippen LogP contribution in [0, 0.1) is 10.1 Å². The van der Waals surface area contributed by atoms with E-state index in [-0.39, 0.29) is 11.7 Å². The first-order valence-corrected chi connectivity index (χ1v) is 9.25.